The minimum atomic E-state index is 0.168. The summed E-state index contributed by atoms with van der Waals surface area (Å²) in [5.41, 5.74) is 4.97. The highest BCUT2D eigenvalue weighted by molar-refractivity contribution is 5.34. The van der Waals surface area contributed by atoms with Gasteiger partial charge in [-0.25, -0.2) is 9.97 Å². The molecule has 1 fully saturated rings. The molecule has 0 radical (unpaired) electrons. The van der Waals surface area contributed by atoms with Gasteiger partial charge in [0.2, 0.25) is 0 Å². The van der Waals surface area contributed by atoms with Crippen LogP contribution in [0.4, 0.5) is 0 Å². The second-order valence-electron chi connectivity index (χ2n) is 5.79. The van der Waals surface area contributed by atoms with E-state index in [0.29, 0.717) is 0 Å². The zero-order valence-corrected chi connectivity index (χ0v) is 13.3. The molecule has 4 nitrogen and oxygen atoms in total. The number of morpholine rings is 1. The molecule has 1 atom stereocenters. The van der Waals surface area contributed by atoms with E-state index in [1.54, 1.807) is 0 Å². The highest BCUT2D eigenvalue weighted by atomic mass is 16.5. The third kappa shape index (κ3) is 3.51. The first kappa shape index (κ1) is 15.1. The average Bonchev–Trinajstić information content (AvgIpc) is 2.58. The summed E-state index contributed by atoms with van der Waals surface area (Å²) in [6.07, 6.45) is 5.77. The number of aryl methyl sites for hydroxylation is 2. The molecule has 0 amide bonds. The summed E-state index contributed by atoms with van der Waals surface area (Å²) >= 11 is 0. The van der Waals surface area contributed by atoms with Crippen molar-refractivity contribution in [2.24, 2.45) is 0 Å². The average molecular weight is 297 g/mol. The lowest BCUT2D eigenvalue weighted by molar-refractivity contribution is 0.0276. The molecule has 0 saturated carbocycles. The number of aromatic nitrogens is 2. The number of nitrogens with one attached hydrogen (secondary N) is 1. The number of benzene rings is 1. The molecular weight excluding hydrogens is 274 g/mol. The van der Waals surface area contributed by atoms with E-state index in [1.165, 1.54) is 22.3 Å². The molecule has 4 heteroatoms. The summed E-state index contributed by atoms with van der Waals surface area (Å²) in [6.45, 7) is 6.88. The van der Waals surface area contributed by atoms with Crippen LogP contribution >= 0.6 is 0 Å². The van der Waals surface area contributed by atoms with E-state index >= 15 is 0 Å². The van der Waals surface area contributed by atoms with Gasteiger partial charge in [-0.3, -0.25) is 0 Å². The number of hydrogen-bond donors (Lipinski definition) is 1. The normalized spacial score (nSPS) is 18.4. The summed E-state index contributed by atoms with van der Waals surface area (Å²) < 4.78 is 5.82. The van der Waals surface area contributed by atoms with Crippen LogP contribution in [-0.4, -0.2) is 29.7 Å². The summed E-state index contributed by atoms with van der Waals surface area (Å²) in [7, 11) is 0. The fourth-order valence-corrected chi connectivity index (χ4v) is 2.72. The smallest absolute Gasteiger partial charge is 0.132 e. The Hall–Kier alpha value is -1.78. The summed E-state index contributed by atoms with van der Waals surface area (Å²) in [6, 6.07) is 6.58. The predicted octanol–water partition coefficient (Wildman–Crippen LogP) is 2.60. The molecule has 2 aromatic rings. The minimum absolute atomic E-state index is 0.168. The number of hydrogen-bond acceptors (Lipinski definition) is 4. The van der Waals surface area contributed by atoms with Crippen molar-refractivity contribution in [2.75, 3.05) is 19.7 Å². The van der Waals surface area contributed by atoms with Gasteiger partial charge in [0.1, 0.15) is 5.82 Å². The maximum Gasteiger partial charge on any atom is 0.132 e. The topological polar surface area (TPSA) is 47.0 Å². The largest absolute Gasteiger partial charge is 0.371 e. The van der Waals surface area contributed by atoms with E-state index in [-0.39, 0.29) is 6.10 Å². The Morgan fingerprint density at radius 1 is 1.27 bits per heavy atom. The summed E-state index contributed by atoms with van der Waals surface area (Å²) in [5.74, 6) is 0.878. The Balaban J connectivity index is 1.73. The molecule has 2 heterocycles. The van der Waals surface area contributed by atoms with Gasteiger partial charge in [0.05, 0.1) is 12.7 Å². The van der Waals surface area contributed by atoms with Gasteiger partial charge in [-0.15, -0.1) is 0 Å². The van der Waals surface area contributed by atoms with Crippen LogP contribution in [-0.2, 0) is 17.6 Å². The Morgan fingerprint density at radius 3 is 2.73 bits per heavy atom. The third-order valence-electron chi connectivity index (χ3n) is 4.18. The van der Waals surface area contributed by atoms with Crippen molar-refractivity contribution in [1.82, 2.24) is 15.3 Å². The highest BCUT2D eigenvalue weighted by Crippen LogP contribution is 2.22. The molecule has 1 saturated heterocycles. The number of ether oxygens (including phenoxy) is 1. The van der Waals surface area contributed by atoms with Crippen molar-refractivity contribution in [2.45, 2.75) is 32.8 Å². The van der Waals surface area contributed by atoms with E-state index in [0.717, 1.165) is 38.4 Å². The number of nitrogens with zero attached hydrogens (tertiary/aromatic N) is 2. The quantitative estimate of drug-likeness (QED) is 0.942. The standard InChI is InChI=1S/C18H23N3O/c1-3-14-10-20-18(21-11-14)9-15-4-5-16(8-13(15)2)17-12-19-6-7-22-17/h4-5,8,10-11,17,19H,3,6-7,9,12H2,1-2H3/t17-/m0/s1. The molecule has 0 spiro atoms. The predicted molar refractivity (Wildman–Crippen MR) is 87.0 cm³/mol. The first-order valence-corrected chi connectivity index (χ1v) is 7.98. The molecule has 3 rings (SSSR count). The first-order chi connectivity index (χ1) is 10.8. The molecule has 22 heavy (non-hydrogen) atoms. The van der Waals surface area contributed by atoms with E-state index in [2.05, 4.69) is 47.3 Å². The lowest BCUT2D eigenvalue weighted by Crippen LogP contribution is -2.33. The van der Waals surface area contributed by atoms with E-state index < -0.39 is 0 Å². The fourth-order valence-electron chi connectivity index (χ4n) is 2.72. The summed E-state index contributed by atoms with van der Waals surface area (Å²) in [4.78, 5) is 8.90. The van der Waals surface area contributed by atoms with Gasteiger partial charge in [-0.2, -0.15) is 0 Å². The molecule has 1 aliphatic rings. The van der Waals surface area contributed by atoms with Crippen LogP contribution in [0, 0.1) is 6.92 Å². The van der Waals surface area contributed by atoms with Crippen molar-refractivity contribution in [3.05, 3.63) is 58.7 Å². The highest BCUT2D eigenvalue weighted by Gasteiger charge is 2.16. The van der Waals surface area contributed by atoms with Crippen LogP contribution in [0.5, 0.6) is 0 Å². The van der Waals surface area contributed by atoms with Gasteiger partial charge in [-0.1, -0.05) is 25.1 Å². The van der Waals surface area contributed by atoms with Gasteiger partial charge < -0.3 is 10.1 Å². The third-order valence-corrected chi connectivity index (χ3v) is 4.18. The molecule has 0 unspecified atom stereocenters. The summed E-state index contributed by atoms with van der Waals surface area (Å²) in [5, 5.41) is 3.37. The van der Waals surface area contributed by atoms with Crippen LogP contribution in [0.2, 0.25) is 0 Å². The fraction of sp³-hybridized carbons (Fsp3) is 0.444. The zero-order chi connectivity index (χ0) is 15.4. The maximum absolute atomic E-state index is 5.82. The van der Waals surface area contributed by atoms with Gasteiger partial charge in [0.25, 0.3) is 0 Å². The van der Waals surface area contributed by atoms with Crippen LogP contribution in [0.25, 0.3) is 0 Å². The first-order valence-electron chi connectivity index (χ1n) is 7.98. The van der Waals surface area contributed by atoms with Gasteiger partial charge in [-0.05, 0) is 35.6 Å². The van der Waals surface area contributed by atoms with E-state index in [4.69, 9.17) is 4.74 Å². The van der Waals surface area contributed by atoms with Gasteiger partial charge in [0.15, 0.2) is 0 Å². The second-order valence-corrected chi connectivity index (χ2v) is 5.79. The molecule has 1 aliphatic heterocycles. The van der Waals surface area contributed by atoms with Crippen LogP contribution in [0.3, 0.4) is 0 Å². The Bertz CT molecular complexity index is 619. The van der Waals surface area contributed by atoms with Crippen LogP contribution in [0.1, 0.15) is 41.1 Å². The molecule has 0 aliphatic carbocycles. The SMILES string of the molecule is CCc1cnc(Cc2ccc([C@@H]3CNCCO3)cc2C)nc1. The van der Waals surface area contributed by atoms with Crippen LogP contribution in [0.15, 0.2) is 30.6 Å². The molecule has 116 valence electrons. The monoisotopic (exact) mass is 297 g/mol. The van der Waals surface area contributed by atoms with Crippen molar-refractivity contribution in [1.29, 1.82) is 0 Å². The molecule has 1 aromatic carbocycles. The molecule has 0 bridgehead atoms. The van der Waals surface area contributed by atoms with Gasteiger partial charge in [0, 0.05) is 31.9 Å². The lowest BCUT2D eigenvalue weighted by Gasteiger charge is -2.24. The second kappa shape index (κ2) is 6.99. The van der Waals surface area contributed by atoms with E-state index in [1.807, 2.05) is 12.4 Å². The number of rotatable bonds is 4. The maximum atomic E-state index is 5.82. The Labute approximate surface area is 132 Å². The van der Waals surface area contributed by atoms with Crippen molar-refractivity contribution in [3.8, 4) is 0 Å². The van der Waals surface area contributed by atoms with E-state index in [9.17, 15) is 0 Å². The van der Waals surface area contributed by atoms with Crippen molar-refractivity contribution < 1.29 is 4.74 Å². The molecule has 1 N–H and O–H groups in total. The Kier molecular flexibility index (Phi) is 4.80. The van der Waals surface area contributed by atoms with Crippen LogP contribution < -0.4 is 5.32 Å². The van der Waals surface area contributed by atoms with Gasteiger partial charge >= 0.3 is 0 Å². The molecular formula is C18H23N3O. The lowest BCUT2D eigenvalue weighted by atomic mass is 9.99. The zero-order valence-electron chi connectivity index (χ0n) is 13.3. The Morgan fingerprint density at radius 2 is 2.09 bits per heavy atom. The minimum Gasteiger partial charge on any atom is -0.371 e. The van der Waals surface area contributed by atoms with Crippen molar-refractivity contribution >= 4 is 0 Å². The van der Waals surface area contributed by atoms with Crippen molar-refractivity contribution in [3.63, 3.8) is 0 Å². The molecule has 1 aromatic heterocycles.